The van der Waals surface area contributed by atoms with E-state index in [1.807, 2.05) is 35.2 Å². The van der Waals surface area contributed by atoms with Gasteiger partial charge in [0.1, 0.15) is 5.54 Å². The highest BCUT2D eigenvalue weighted by atomic mass is 16.2. The Morgan fingerprint density at radius 3 is 2.21 bits per heavy atom. The van der Waals surface area contributed by atoms with Crippen molar-refractivity contribution in [3.8, 4) is 5.69 Å². The number of aromatic nitrogens is 1. The van der Waals surface area contributed by atoms with Crippen LogP contribution in [0.2, 0.25) is 0 Å². The van der Waals surface area contributed by atoms with E-state index in [4.69, 9.17) is 0 Å². The van der Waals surface area contributed by atoms with Crippen molar-refractivity contribution >= 4 is 17.8 Å². The molecule has 3 aromatic rings. The minimum Gasteiger partial charge on any atom is -0.324 e. The lowest BCUT2D eigenvalue weighted by Crippen LogP contribution is -2.47. The summed E-state index contributed by atoms with van der Waals surface area (Å²) in [6.07, 6.45) is 3.79. The summed E-state index contributed by atoms with van der Waals surface area (Å²) in [5.41, 5.74) is 3.04. The van der Waals surface area contributed by atoms with Gasteiger partial charge in [-0.05, 0) is 48.9 Å². The molecule has 140 valence electrons. The number of nitrogens with zero attached hydrogens (tertiary/aromatic N) is 2. The average molecular weight is 374 g/mol. The van der Waals surface area contributed by atoms with E-state index in [2.05, 4.69) is 10.7 Å². The third-order valence-electron chi connectivity index (χ3n) is 4.79. The van der Waals surface area contributed by atoms with Gasteiger partial charge in [0.05, 0.1) is 0 Å². The van der Waals surface area contributed by atoms with Crippen LogP contribution in [-0.2, 0) is 10.3 Å². The van der Waals surface area contributed by atoms with E-state index in [1.165, 1.54) is 0 Å². The molecule has 0 radical (unpaired) electrons. The van der Waals surface area contributed by atoms with E-state index in [9.17, 15) is 14.4 Å². The number of amides is 4. The highest BCUT2D eigenvalue weighted by Crippen LogP contribution is 2.27. The maximum absolute atomic E-state index is 12.8. The van der Waals surface area contributed by atoms with Crippen molar-refractivity contribution in [1.82, 2.24) is 20.3 Å². The predicted molar refractivity (Wildman–Crippen MR) is 102 cm³/mol. The minimum atomic E-state index is -1.23. The fourth-order valence-electron chi connectivity index (χ4n) is 3.17. The molecule has 28 heavy (non-hydrogen) atoms. The van der Waals surface area contributed by atoms with Gasteiger partial charge in [0.2, 0.25) is 0 Å². The number of carbonyl (C=O) groups is 3. The Kier molecular flexibility index (Phi) is 4.19. The molecule has 1 aliphatic rings. The lowest BCUT2D eigenvalue weighted by molar-refractivity contribution is -0.132. The van der Waals surface area contributed by atoms with Gasteiger partial charge in [0.15, 0.2) is 0 Å². The fourth-order valence-corrected chi connectivity index (χ4v) is 3.17. The summed E-state index contributed by atoms with van der Waals surface area (Å²) in [7, 11) is 0. The number of nitrogens with one attached hydrogen (secondary N) is 2. The van der Waals surface area contributed by atoms with Crippen molar-refractivity contribution in [2.45, 2.75) is 12.5 Å². The molecule has 7 heteroatoms. The fraction of sp³-hybridized carbons (Fsp3) is 0.0952. The van der Waals surface area contributed by atoms with Crippen molar-refractivity contribution in [3.63, 3.8) is 0 Å². The number of hydrogen-bond acceptors (Lipinski definition) is 3. The lowest BCUT2D eigenvalue weighted by atomic mass is 9.92. The van der Waals surface area contributed by atoms with Gasteiger partial charge in [0, 0.05) is 23.6 Å². The van der Waals surface area contributed by atoms with E-state index in [0.29, 0.717) is 11.1 Å². The average Bonchev–Trinajstić information content (AvgIpc) is 3.33. The van der Waals surface area contributed by atoms with Gasteiger partial charge in [-0.1, -0.05) is 30.3 Å². The highest BCUT2D eigenvalue weighted by molar-refractivity contribution is 6.09. The molecule has 1 aliphatic heterocycles. The molecule has 0 unspecified atom stereocenters. The molecule has 0 aliphatic carbocycles. The standard InChI is InChI=1S/C21H18N4O3/c1-21(16-7-3-2-4-8-16)19(27)25(20(28)22-21)23-18(26)15-9-11-17(12-10-15)24-13-5-6-14-24/h2-14H,1H3,(H,22,28)(H,23,26)/t21-/m1/s1. The topological polar surface area (TPSA) is 83.4 Å². The summed E-state index contributed by atoms with van der Waals surface area (Å²) in [4.78, 5) is 37.7. The molecule has 1 fully saturated rings. The van der Waals surface area contributed by atoms with Crippen molar-refractivity contribution < 1.29 is 14.4 Å². The van der Waals surface area contributed by atoms with Crippen molar-refractivity contribution in [1.29, 1.82) is 0 Å². The first kappa shape index (κ1) is 17.5. The molecule has 0 bridgehead atoms. The first-order valence-corrected chi connectivity index (χ1v) is 8.76. The lowest BCUT2D eigenvalue weighted by Gasteiger charge is -2.22. The molecule has 2 aromatic carbocycles. The Morgan fingerprint density at radius 1 is 0.929 bits per heavy atom. The molecule has 0 spiro atoms. The van der Waals surface area contributed by atoms with Gasteiger partial charge in [-0.25, -0.2) is 4.79 Å². The van der Waals surface area contributed by atoms with Gasteiger partial charge in [-0.2, -0.15) is 5.01 Å². The largest absolute Gasteiger partial charge is 0.344 e. The van der Waals surface area contributed by atoms with Crippen molar-refractivity contribution in [3.05, 3.63) is 90.3 Å². The molecular weight excluding hydrogens is 356 g/mol. The highest BCUT2D eigenvalue weighted by Gasteiger charge is 2.50. The van der Waals surface area contributed by atoms with Crippen LogP contribution in [0.15, 0.2) is 79.1 Å². The Labute approximate surface area is 161 Å². The number of hydrazine groups is 1. The Morgan fingerprint density at radius 2 is 1.57 bits per heavy atom. The van der Waals surface area contributed by atoms with Crippen molar-refractivity contribution in [2.75, 3.05) is 0 Å². The second kappa shape index (κ2) is 6.70. The number of imide groups is 1. The minimum absolute atomic E-state index is 0.338. The van der Waals surface area contributed by atoms with E-state index in [-0.39, 0.29) is 0 Å². The molecule has 2 N–H and O–H groups in total. The summed E-state index contributed by atoms with van der Waals surface area (Å²) < 4.78 is 1.91. The first-order chi connectivity index (χ1) is 13.5. The Hall–Kier alpha value is -3.87. The second-order valence-electron chi connectivity index (χ2n) is 6.64. The van der Waals surface area contributed by atoms with Gasteiger partial charge >= 0.3 is 6.03 Å². The van der Waals surface area contributed by atoms with E-state index < -0.39 is 23.4 Å². The van der Waals surface area contributed by atoms with Crippen LogP contribution in [0.5, 0.6) is 0 Å². The number of benzene rings is 2. The molecule has 1 atom stereocenters. The maximum atomic E-state index is 12.8. The molecule has 2 heterocycles. The molecule has 4 rings (SSSR count). The van der Waals surface area contributed by atoms with Gasteiger partial charge < -0.3 is 9.88 Å². The quantitative estimate of drug-likeness (QED) is 0.689. The van der Waals surface area contributed by atoms with E-state index in [1.54, 1.807) is 55.5 Å². The SMILES string of the molecule is C[C@]1(c2ccccc2)NC(=O)N(NC(=O)c2ccc(-n3cccc3)cc2)C1=O. The van der Waals surface area contributed by atoms with E-state index in [0.717, 1.165) is 10.7 Å². The summed E-state index contributed by atoms with van der Waals surface area (Å²) in [5.74, 6) is -1.08. The summed E-state index contributed by atoms with van der Waals surface area (Å²) in [6.45, 7) is 1.61. The summed E-state index contributed by atoms with van der Waals surface area (Å²) in [5, 5.41) is 3.38. The Bertz CT molecular complexity index is 1030. The molecule has 1 aromatic heterocycles. The number of hydrogen-bond donors (Lipinski definition) is 2. The molecule has 7 nitrogen and oxygen atoms in total. The van der Waals surface area contributed by atoms with Crippen LogP contribution in [0.25, 0.3) is 5.69 Å². The first-order valence-electron chi connectivity index (χ1n) is 8.76. The summed E-state index contributed by atoms with van der Waals surface area (Å²) in [6, 6.07) is 18.9. The van der Waals surface area contributed by atoms with Crippen LogP contribution < -0.4 is 10.7 Å². The van der Waals surface area contributed by atoms with Gasteiger partial charge in [-0.15, -0.1) is 0 Å². The van der Waals surface area contributed by atoms with Gasteiger partial charge in [0.25, 0.3) is 11.8 Å². The number of carbonyl (C=O) groups excluding carboxylic acids is 3. The van der Waals surface area contributed by atoms with Gasteiger partial charge in [-0.3, -0.25) is 15.0 Å². The third-order valence-corrected chi connectivity index (χ3v) is 4.79. The van der Waals surface area contributed by atoms with Crippen LogP contribution in [0.1, 0.15) is 22.8 Å². The predicted octanol–water partition coefficient (Wildman–Crippen LogP) is 2.59. The molecule has 0 saturated carbocycles. The van der Waals surface area contributed by atoms with Crippen LogP contribution in [-0.4, -0.2) is 27.4 Å². The third kappa shape index (κ3) is 2.92. The second-order valence-corrected chi connectivity index (χ2v) is 6.64. The Balaban J connectivity index is 1.51. The van der Waals surface area contributed by atoms with Crippen LogP contribution in [0.3, 0.4) is 0 Å². The van der Waals surface area contributed by atoms with Crippen LogP contribution in [0.4, 0.5) is 4.79 Å². The number of rotatable bonds is 4. The smallest absolute Gasteiger partial charge is 0.324 e. The zero-order valence-electron chi connectivity index (χ0n) is 15.1. The van der Waals surface area contributed by atoms with E-state index >= 15 is 0 Å². The summed E-state index contributed by atoms with van der Waals surface area (Å²) >= 11 is 0. The normalized spacial score (nSPS) is 18.8. The molecule has 4 amide bonds. The maximum Gasteiger partial charge on any atom is 0.344 e. The zero-order valence-corrected chi connectivity index (χ0v) is 15.1. The van der Waals surface area contributed by atoms with Crippen LogP contribution in [0, 0.1) is 0 Å². The molecule has 1 saturated heterocycles. The van der Waals surface area contributed by atoms with Crippen LogP contribution >= 0.6 is 0 Å². The molecular formula is C21H18N4O3. The monoisotopic (exact) mass is 374 g/mol. The number of urea groups is 1. The van der Waals surface area contributed by atoms with Crippen molar-refractivity contribution in [2.24, 2.45) is 0 Å². The zero-order chi connectivity index (χ0) is 19.7.